The zero-order chi connectivity index (χ0) is 37.6. The van der Waals surface area contributed by atoms with Crippen LogP contribution in [0.4, 0.5) is 0 Å². The summed E-state index contributed by atoms with van der Waals surface area (Å²) in [6, 6.07) is 30.6. The number of ether oxygens (including phenoxy) is 1. The fourth-order valence-corrected chi connectivity index (χ4v) is 8.04. The first-order valence-electron chi connectivity index (χ1n) is 19.3. The molecule has 7 aromatic rings. The minimum atomic E-state index is -0.101. The van der Waals surface area contributed by atoms with E-state index in [0.29, 0.717) is 5.92 Å². The Morgan fingerprint density at radius 3 is 2.21 bits per heavy atom. The Hall–Kier alpha value is -5.16. The second-order valence-corrected chi connectivity index (χ2v) is 16.4. The molecule has 4 aromatic carbocycles. The zero-order valence-corrected chi connectivity index (χ0v) is 33.3. The number of nitrogens with zero attached hydrogens (tertiary/aromatic N) is 4. The molecular formula is C48H54N4O. The number of para-hydroxylation sites is 1. The average molecular weight is 703 g/mol. The Kier molecular flexibility index (Phi) is 9.80. The van der Waals surface area contributed by atoms with E-state index in [9.17, 15) is 0 Å². The molecule has 0 radical (unpaired) electrons. The Labute approximate surface area is 315 Å². The molecule has 0 N–H and O–H groups in total. The summed E-state index contributed by atoms with van der Waals surface area (Å²) in [5.74, 6) is 3.07. The van der Waals surface area contributed by atoms with Gasteiger partial charge in [-0.05, 0) is 129 Å². The standard InChI is InChI=1S/C48H54N4O/c1-11-12-16-43-47(46-32(5)23-31(4)24-33(46)6)34(7)50-52(43)37-26-36(48(8,9)10)27-39(28-37)53-38-18-19-41-40-15-13-14-17-42(40)51(44(41)29-38)45-25-35(20-21-49-45)22-30(2)3/h13-15,17-21,23-30H,11-12,16,22H2,1-10H3. The van der Waals surface area contributed by atoms with Crippen molar-refractivity contribution in [3.63, 3.8) is 0 Å². The molecule has 0 atom stereocenters. The number of aromatic nitrogens is 4. The maximum Gasteiger partial charge on any atom is 0.137 e. The molecule has 0 saturated carbocycles. The first kappa shape index (κ1) is 36.2. The minimum Gasteiger partial charge on any atom is -0.457 e. The highest BCUT2D eigenvalue weighted by Crippen LogP contribution is 2.39. The summed E-state index contributed by atoms with van der Waals surface area (Å²) in [5, 5.41) is 7.65. The van der Waals surface area contributed by atoms with Crippen molar-refractivity contribution in [2.45, 2.75) is 100 Å². The van der Waals surface area contributed by atoms with E-state index in [1.54, 1.807) is 0 Å². The molecule has 3 heterocycles. The maximum atomic E-state index is 6.87. The summed E-state index contributed by atoms with van der Waals surface area (Å²) < 4.78 is 11.3. The van der Waals surface area contributed by atoms with Gasteiger partial charge in [0.15, 0.2) is 0 Å². The zero-order valence-electron chi connectivity index (χ0n) is 33.3. The quantitative estimate of drug-likeness (QED) is 0.142. The third kappa shape index (κ3) is 7.14. The minimum absolute atomic E-state index is 0.101. The fourth-order valence-electron chi connectivity index (χ4n) is 8.04. The van der Waals surface area contributed by atoms with Gasteiger partial charge in [0.1, 0.15) is 17.3 Å². The van der Waals surface area contributed by atoms with Crippen molar-refractivity contribution in [2.24, 2.45) is 5.92 Å². The predicted molar refractivity (Wildman–Crippen MR) is 222 cm³/mol. The number of rotatable bonds is 10. The number of fused-ring (bicyclic) bond motifs is 3. The van der Waals surface area contributed by atoms with Crippen LogP contribution in [0, 0.1) is 33.6 Å². The molecule has 0 fully saturated rings. The number of unbranched alkanes of at least 4 members (excludes halogenated alkanes) is 1. The topological polar surface area (TPSA) is 44.9 Å². The third-order valence-electron chi connectivity index (χ3n) is 10.4. The lowest BCUT2D eigenvalue weighted by atomic mass is 9.86. The number of hydrogen-bond acceptors (Lipinski definition) is 3. The van der Waals surface area contributed by atoms with E-state index in [4.69, 9.17) is 14.8 Å². The fraction of sp³-hybridized carbons (Fsp3) is 0.333. The van der Waals surface area contributed by atoms with Gasteiger partial charge in [-0.1, -0.05) is 83.9 Å². The lowest BCUT2D eigenvalue weighted by Gasteiger charge is -2.22. The summed E-state index contributed by atoms with van der Waals surface area (Å²) in [7, 11) is 0. The van der Waals surface area contributed by atoms with Crippen LogP contribution in [0.1, 0.15) is 93.6 Å². The number of pyridine rings is 1. The van der Waals surface area contributed by atoms with Crippen molar-refractivity contribution in [2.75, 3.05) is 0 Å². The van der Waals surface area contributed by atoms with Crippen LogP contribution in [0.25, 0.3) is 44.4 Å². The monoisotopic (exact) mass is 702 g/mol. The Morgan fingerprint density at radius 2 is 1.49 bits per heavy atom. The van der Waals surface area contributed by atoms with Crippen LogP contribution < -0.4 is 4.74 Å². The van der Waals surface area contributed by atoms with Gasteiger partial charge in [-0.25, -0.2) is 9.67 Å². The molecule has 0 aliphatic carbocycles. The Morgan fingerprint density at radius 1 is 0.755 bits per heavy atom. The van der Waals surface area contributed by atoms with Gasteiger partial charge in [-0.2, -0.15) is 5.10 Å². The molecule has 0 bridgehead atoms. The number of aryl methyl sites for hydroxylation is 4. The summed E-state index contributed by atoms with van der Waals surface area (Å²) in [5.41, 5.74) is 14.4. The molecule has 3 aromatic heterocycles. The van der Waals surface area contributed by atoms with E-state index < -0.39 is 0 Å². The van der Waals surface area contributed by atoms with Gasteiger partial charge in [-0.3, -0.25) is 4.57 Å². The summed E-state index contributed by atoms with van der Waals surface area (Å²) in [4.78, 5) is 4.87. The van der Waals surface area contributed by atoms with E-state index >= 15 is 0 Å². The van der Waals surface area contributed by atoms with Gasteiger partial charge in [0.25, 0.3) is 0 Å². The van der Waals surface area contributed by atoms with E-state index in [-0.39, 0.29) is 5.41 Å². The van der Waals surface area contributed by atoms with Crippen molar-refractivity contribution in [3.05, 3.63) is 130 Å². The van der Waals surface area contributed by atoms with Crippen molar-refractivity contribution in [3.8, 4) is 34.1 Å². The van der Waals surface area contributed by atoms with Crippen molar-refractivity contribution in [1.82, 2.24) is 19.3 Å². The van der Waals surface area contributed by atoms with Crippen molar-refractivity contribution < 1.29 is 4.74 Å². The van der Waals surface area contributed by atoms with Gasteiger partial charge in [0.05, 0.1) is 28.1 Å². The summed E-state index contributed by atoms with van der Waals surface area (Å²) >= 11 is 0. The van der Waals surface area contributed by atoms with Gasteiger partial charge in [-0.15, -0.1) is 0 Å². The molecule has 7 rings (SSSR count). The smallest absolute Gasteiger partial charge is 0.137 e. The maximum absolute atomic E-state index is 6.87. The summed E-state index contributed by atoms with van der Waals surface area (Å²) in [6.07, 6.45) is 6.10. The lowest BCUT2D eigenvalue weighted by Crippen LogP contribution is -2.13. The largest absolute Gasteiger partial charge is 0.457 e. The second-order valence-electron chi connectivity index (χ2n) is 16.4. The van der Waals surface area contributed by atoms with Crippen LogP contribution in [-0.2, 0) is 18.3 Å². The predicted octanol–water partition coefficient (Wildman–Crippen LogP) is 12.9. The van der Waals surface area contributed by atoms with Crippen LogP contribution >= 0.6 is 0 Å². The third-order valence-corrected chi connectivity index (χ3v) is 10.4. The highest BCUT2D eigenvalue weighted by molar-refractivity contribution is 6.09. The molecule has 272 valence electrons. The van der Waals surface area contributed by atoms with Gasteiger partial charge in [0.2, 0.25) is 0 Å². The van der Waals surface area contributed by atoms with Gasteiger partial charge >= 0.3 is 0 Å². The Balaban J connectivity index is 1.37. The molecule has 5 heteroatoms. The molecule has 53 heavy (non-hydrogen) atoms. The molecular weight excluding hydrogens is 649 g/mol. The molecule has 0 unspecified atom stereocenters. The summed E-state index contributed by atoms with van der Waals surface area (Å²) in [6.45, 7) is 22.4. The first-order chi connectivity index (χ1) is 25.3. The van der Waals surface area contributed by atoms with Crippen LogP contribution in [0.5, 0.6) is 11.5 Å². The van der Waals surface area contributed by atoms with Crippen LogP contribution in [0.15, 0.2) is 91.1 Å². The second kappa shape index (κ2) is 14.3. The molecule has 0 saturated heterocycles. The van der Waals surface area contributed by atoms with E-state index in [0.717, 1.165) is 65.4 Å². The van der Waals surface area contributed by atoms with E-state index in [2.05, 4.69) is 163 Å². The molecule has 0 spiro atoms. The van der Waals surface area contributed by atoms with Crippen molar-refractivity contribution >= 4 is 21.8 Å². The molecule has 0 aliphatic heterocycles. The van der Waals surface area contributed by atoms with Crippen LogP contribution in [-0.4, -0.2) is 19.3 Å². The van der Waals surface area contributed by atoms with E-state index in [1.165, 1.54) is 55.4 Å². The molecule has 0 aliphatic rings. The Bertz CT molecular complexity index is 2430. The normalized spacial score (nSPS) is 12.1. The first-order valence-corrected chi connectivity index (χ1v) is 19.3. The SMILES string of the molecule is CCCCc1c(-c2c(C)cc(C)cc2C)c(C)nn1-c1cc(Oc2ccc3c4ccccc4n(-c4cc(CC(C)C)ccn4)c3c2)cc(C(C)(C)C)c1. The number of benzene rings is 4. The van der Waals surface area contributed by atoms with Crippen molar-refractivity contribution in [1.29, 1.82) is 0 Å². The number of hydrogen-bond donors (Lipinski definition) is 0. The van der Waals surface area contributed by atoms with Crippen LogP contribution in [0.3, 0.4) is 0 Å². The molecule has 5 nitrogen and oxygen atoms in total. The highest BCUT2D eigenvalue weighted by atomic mass is 16.5. The van der Waals surface area contributed by atoms with Gasteiger partial charge in [0, 0.05) is 34.7 Å². The molecule has 0 amide bonds. The van der Waals surface area contributed by atoms with Gasteiger partial charge < -0.3 is 4.74 Å². The van der Waals surface area contributed by atoms with E-state index in [1.807, 2.05) is 6.20 Å². The highest BCUT2D eigenvalue weighted by Gasteiger charge is 2.24. The lowest BCUT2D eigenvalue weighted by molar-refractivity contribution is 0.478. The average Bonchev–Trinajstić information content (AvgIpc) is 3.60. The van der Waals surface area contributed by atoms with Crippen LogP contribution in [0.2, 0.25) is 0 Å².